The summed E-state index contributed by atoms with van der Waals surface area (Å²) in [6.45, 7) is 6.68. The molecule has 0 amide bonds. The zero-order chi connectivity index (χ0) is 13.5. The lowest BCUT2D eigenvalue weighted by atomic mass is 10.1. The number of aromatic nitrogens is 2. The first-order valence-corrected chi connectivity index (χ1v) is 8.75. The maximum absolute atomic E-state index is 4.57. The molecule has 0 radical (unpaired) electrons. The molecule has 0 bridgehead atoms. The summed E-state index contributed by atoms with van der Waals surface area (Å²) in [7, 11) is 0. The largest absolute Gasteiger partial charge is 0.335 e. The molecule has 0 aliphatic carbocycles. The molecule has 2 rings (SSSR count). The molecule has 2 unspecified atom stereocenters. The number of nitrogens with one attached hydrogen (secondary N) is 1. The van der Waals surface area contributed by atoms with E-state index in [1.54, 1.807) is 0 Å². The Morgan fingerprint density at radius 2 is 2.37 bits per heavy atom. The van der Waals surface area contributed by atoms with Crippen LogP contribution in [0.15, 0.2) is 12.4 Å². The van der Waals surface area contributed by atoms with Crippen LogP contribution in [0.4, 0.5) is 0 Å². The van der Waals surface area contributed by atoms with Crippen molar-refractivity contribution in [2.45, 2.75) is 63.8 Å². The van der Waals surface area contributed by atoms with Gasteiger partial charge in [0, 0.05) is 36.7 Å². The molecule has 3 nitrogen and oxygen atoms in total. The molecule has 4 heteroatoms. The number of hydrogen-bond donors (Lipinski definition) is 1. The molecular formula is C15H27N3S. The minimum atomic E-state index is 0.588. The minimum absolute atomic E-state index is 0.588. The van der Waals surface area contributed by atoms with Crippen molar-refractivity contribution in [3.8, 4) is 0 Å². The summed E-state index contributed by atoms with van der Waals surface area (Å²) in [4.78, 5) is 4.57. The standard InChI is InChI=1S/C15H27N3S/c1-3-7-16-13(14-6-5-11-19-14)12-15-17-8-10-18(15)9-4-2/h8,10,13-14,16H,3-7,9,11-12H2,1-2H3. The normalized spacial score (nSPS) is 20.8. The highest BCUT2D eigenvalue weighted by Crippen LogP contribution is 2.30. The maximum atomic E-state index is 4.57. The lowest BCUT2D eigenvalue weighted by molar-refractivity contribution is 0.463. The van der Waals surface area contributed by atoms with Crippen molar-refractivity contribution in [1.29, 1.82) is 0 Å². The van der Waals surface area contributed by atoms with Gasteiger partial charge in [-0.25, -0.2) is 4.98 Å². The molecule has 0 spiro atoms. The van der Waals surface area contributed by atoms with Gasteiger partial charge in [0.05, 0.1) is 0 Å². The Morgan fingerprint density at radius 1 is 1.47 bits per heavy atom. The van der Waals surface area contributed by atoms with Gasteiger partial charge in [0.25, 0.3) is 0 Å². The lowest BCUT2D eigenvalue weighted by Gasteiger charge is -2.24. The van der Waals surface area contributed by atoms with E-state index in [0.29, 0.717) is 6.04 Å². The first kappa shape index (κ1) is 14.9. The number of imidazole rings is 1. The summed E-state index contributed by atoms with van der Waals surface area (Å²) >= 11 is 2.14. The highest BCUT2D eigenvalue weighted by molar-refractivity contribution is 8.00. The average Bonchev–Trinajstić information content (AvgIpc) is 3.06. The predicted octanol–water partition coefficient (Wildman–Crippen LogP) is 3.10. The second-order valence-electron chi connectivity index (χ2n) is 5.35. The molecule has 1 aliphatic rings. The van der Waals surface area contributed by atoms with E-state index in [-0.39, 0.29) is 0 Å². The van der Waals surface area contributed by atoms with Crippen LogP contribution < -0.4 is 5.32 Å². The number of hydrogen-bond acceptors (Lipinski definition) is 3. The maximum Gasteiger partial charge on any atom is 0.110 e. The number of aryl methyl sites for hydroxylation is 1. The van der Waals surface area contributed by atoms with Crippen LogP contribution in [0.5, 0.6) is 0 Å². The fourth-order valence-electron chi connectivity index (χ4n) is 2.76. The monoisotopic (exact) mass is 281 g/mol. The second-order valence-corrected chi connectivity index (χ2v) is 6.70. The zero-order valence-electron chi connectivity index (χ0n) is 12.3. The van der Waals surface area contributed by atoms with Crippen LogP contribution in [0.1, 0.15) is 45.4 Å². The molecule has 19 heavy (non-hydrogen) atoms. The lowest BCUT2D eigenvalue weighted by Crippen LogP contribution is -2.40. The third kappa shape index (κ3) is 4.25. The molecular weight excluding hydrogens is 254 g/mol. The number of rotatable bonds is 8. The molecule has 1 aromatic heterocycles. The van der Waals surface area contributed by atoms with E-state index in [9.17, 15) is 0 Å². The van der Waals surface area contributed by atoms with Crippen molar-refractivity contribution >= 4 is 11.8 Å². The Labute approximate surface area is 121 Å². The van der Waals surface area contributed by atoms with Crippen LogP contribution in [0, 0.1) is 0 Å². The van der Waals surface area contributed by atoms with E-state index in [0.717, 1.165) is 24.8 Å². The Balaban J connectivity index is 1.99. The predicted molar refractivity (Wildman–Crippen MR) is 83.8 cm³/mol. The fraction of sp³-hybridized carbons (Fsp3) is 0.800. The van der Waals surface area contributed by atoms with Crippen LogP contribution in [0.3, 0.4) is 0 Å². The summed E-state index contributed by atoms with van der Waals surface area (Å²) in [5.74, 6) is 2.58. The van der Waals surface area contributed by atoms with E-state index < -0.39 is 0 Å². The highest BCUT2D eigenvalue weighted by Gasteiger charge is 2.26. The van der Waals surface area contributed by atoms with E-state index >= 15 is 0 Å². The SMILES string of the molecule is CCCNC(Cc1nccn1CCC)C1CCCS1. The summed E-state index contributed by atoms with van der Waals surface area (Å²) in [6, 6.07) is 0.588. The van der Waals surface area contributed by atoms with Gasteiger partial charge in [-0.3, -0.25) is 0 Å². The van der Waals surface area contributed by atoms with E-state index in [2.05, 4.69) is 46.7 Å². The van der Waals surface area contributed by atoms with Crippen LogP contribution in [-0.4, -0.2) is 33.1 Å². The third-order valence-corrected chi connectivity index (χ3v) is 5.26. The van der Waals surface area contributed by atoms with Gasteiger partial charge < -0.3 is 9.88 Å². The Hall–Kier alpha value is -0.480. The molecule has 1 saturated heterocycles. The molecule has 0 aromatic carbocycles. The smallest absolute Gasteiger partial charge is 0.110 e. The van der Waals surface area contributed by atoms with Crippen LogP contribution in [-0.2, 0) is 13.0 Å². The summed E-state index contributed by atoms with van der Waals surface area (Å²) < 4.78 is 2.32. The van der Waals surface area contributed by atoms with Gasteiger partial charge in [-0.2, -0.15) is 11.8 Å². The molecule has 1 aromatic rings. The first-order chi connectivity index (χ1) is 9.35. The molecule has 1 aliphatic heterocycles. The average molecular weight is 281 g/mol. The van der Waals surface area contributed by atoms with Gasteiger partial charge in [0.1, 0.15) is 5.82 Å². The molecule has 0 saturated carbocycles. The summed E-state index contributed by atoms with van der Waals surface area (Å²) in [5.41, 5.74) is 0. The Kier molecular flexibility index (Phi) is 6.24. The summed E-state index contributed by atoms with van der Waals surface area (Å²) in [5, 5.41) is 4.52. The van der Waals surface area contributed by atoms with Gasteiger partial charge in [-0.15, -0.1) is 0 Å². The Bertz CT molecular complexity index is 358. The number of nitrogens with zero attached hydrogens (tertiary/aromatic N) is 2. The molecule has 2 heterocycles. The van der Waals surface area contributed by atoms with Crippen molar-refractivity contribution in [1.82, 2.24) is 14.9 Å². The van der Waals surface area contributed by atoms with Gasteiger partial charge in [0.15, 0.2) is 0 Å². The molecule has 2 atom stereocenters. The topological polar surface area (TPSA) is 29.9 Å². The van der Waals surface area contributed by atoms with Crippen LogP contribution in [0.25, 0.3) is 0 Å². The Morgan fingerprint density at radius 3 is 3.05 bits per heavy atom. The van der Waals surface area contributed by atoms with Crippen LogP contribution in [0.2, 0.25) is 0 Å². The molecule has 108 valence electrons. The van der Waals surface area contributed by atoms with Gasteiger partial charge >= 0.3 is 0 Å². The minimum Gasteiger partial charge on any atom is -0.335 e. The van der Waals surface area contributed by atoms with E-state index in [1.165, 1.54) is 37.3 Å². The van der Waals surface area contributed by atoms with E-state index in [1.807, 2.05) is 6.20 Å². The molecule has 1 fully saturated rings. The fourth-order valence-corrected chi connectivity index (χ4v) is 4.15. The van der Waals surface area contributed by atoms with Crippen molar-refractivity contribution in [3.05, 3.63) is 18.2 Å². The van der Waals surface area contributed by atoms with E-state index in [4.69, 9.17) is 0 Å². The van der Waals surface area contributed by atoms with Gasteiger partial charge in [0.2, 0.25) is 0 Å². The van der Waals surface area contributed by atoms with Crippen molar-refractivity contribution in [2.75, 3.05) is 12.3 Å². The quantitative estimate of drug-likeness (QED) is 0.794. The highest BCUT2D eigenvalue weighted by atomic mass is 32.2. The van der Waals surface area contributed by atoms with Gasteiger partial charge in [-0.05, 0) is 38.0 Å². The van der Waals surface area contributed by atoms with Crippen molar-refractivity contribution in [2.24, 2.45) is 0 Å². The second kappa shape index (κ2) is 7.95. The third-order valence-electron chi connectivity index (χ3n) is 3.74. The van der Waals surface area contributed by atoms with Crippen LogP contribution >= 0.6 is 11.8 Å². The zero-order valence-corrected chi connectivity index (χ0v) is 13.1. The van der Waals surface area contributed by atoms with Crippen molar-refractivity contribution in [3.63, 3.8) is 0 Å². The number of thioether (sulfide) groups is 1. The van der Waals surface area contributed by atoms with Crippen molar-refractivity contribution < 1.29 is 0 Å². The van der Waals surface area contributed by atoms with Gasteiger partial charge in [-0.1, -0.05) is 13.8 Å². The molecule has 1 N–H and O–H groups in total. The first-order valence-electron chi connectivity index (χ1n) is 7.70. The summed E-state index contributed by atoms with van der Waals surface area (Å²) in [6.07, 6.45) is 10.3.